The molecule has 0 fully saturated rings. The van der Waals surface area contributed by atoms with Crippen LogP contribution < -0.4 is 9.62 Å². The van der Waals surface area contributed by atoms with Crippen LogP contribution in [0.4, 0.5) is 10.1 Å². The summed E-state index contributed by atoms with van der Waals surface area (Å²) >= 11 is 6.24. The highest BCUT2D eigenvalue weighted by atomic mass is 35.5. The molecule has 0 aromatic heterocycles. The number of rotatable bonds is 12. The largest absolute Gasteiger partial charge is 0.355 e. The average molecular weight is 622 g/mol. The molecule has 0 aliphatic carbocycles. The third kappa shape index (κ3) is 8.21. The number of anilines is 1. The summed E-state index contributed by atoms with van der Waals surface area (Å²) in [4.78, 5) is 29.1. The van der Waals surface area contributed by atoms with Crippen molar-refractivity contribution in [3.63, 3.8) is 0 Å². The van der Waals surface area contributed by atoms with E-state index < -0.39 is 40.2 Å². The third-order valence-corrected chi connectivity index (χ3v) is 8.90. The van der Waals surface area contributed by atoms with Crippen molar-refractivity contribution in [1.29, 1.82) is 0 Å². The zero-order valence-corrected chi connectivity index (χ0v) is 25.5. The van der Waals surface area contributed by atoms with Crippen LogP contribution >= 0.6 is 11.6 Å². The highest BCUT2D eigenvalue weighted by molar-refractivity contribution is 7.92. The quantitative estimate of drug-likeness (QED) is 0.218. The monoisotopic (exact) mass is 621 g/mol. The maximum absolute atomic E-state index is 14.3. The minimum atomic E-state index is -4.23. The van der Waals surface area contributed by atoms with E-state index in [1.807, 2.05) is 37.3 Å². The van der Waals surface area contributed by atoms with Gasteiger partial charge in [0.2, 0.25) is 11.8 Å². The van der Waals surface area contributed by atoms with E-state index in [0.29, 0.717) is 17.1 Å². The molecule has 7 nitrogen and oxygen atoms in total. The number of hydrogen-bond acceptors (Lipinski definition) is 4. The van der Waals surface area contributed by atoms with Gasteiger partial charge in [-0.1, -0.05) is 77.8 Å². The lowest BCUT2D eigenvalue weighted by Crippen LogP contribution is -2.53. The van der Waals surface area contributed by atoms with Crippen LogP contribution in [0.3, 0.4) is 0 Å². The van der Waals surface area contributed by atoms with E-state index in [2.05, 4.69) is 5.32 Å². The first-order valence-corrected chi connectivity index (χ1v) is 15.6. The van der Waals surface area contributed by atoms with Crippen LogP contribution in [0.1, 0.15) is 23.6 Å². The van der Waals surface area contributed by atoms with Gasteiger partial charge in [-0.3, -0.25) is 13.9 Å². The predicted octanol–water partition coefficient (Wildman–Crippen LogP) is 5.76. The van der Waals surface area contributed by atoms with Crippen LogP contribution in [-0.4, -0.2) is 44.3 Å². The van der Waals surface area contributed by atoms with Gasteiger partial charge >= 0.3 is 0 Å². The summed E-state index contributed by atoms with van der Waals surface area (Å²) < 4.78 is 42.7. The van der Waals surface area contributed by atoms with Gasteiger partial charge in [0.15, 0.2) is 0 Å². The fraction of sp³-hybridized carbons (Fsp3) is 0.212. The van der Waals surface area contributed by atoms with Crippen LogP contribution in [0.5, 0.6) is 0 Å². The summed E-state index contributed by atoms with van der Waals surface area (Å²) in [7, 11) is -4.23. The molecule has 1 atom stereocenters. The van der Waals surface area contributed by atoms with E-state index in [1.165, 1.54) is 47.4 Å². The van der Waals surface area contributed by atoms with Crippen LogP contribution in [0.25, 0.3) is 0 Å². The molecular weight excluding hydrogens is 589 g/mol. The maximum Gasteiger partial charge on any atom is 0.264 e. The molecule has 0 saturated carbocycles. The standard InChI is InChI=1S/C33H33ClFN3O4S/c1-3-36-33(40)31(20-25-8-5-4-6-9-25)37(22-26-14-16-28(35)17-15-26)32(39)23-38(29-11-7-10-27(34)21-29)43(41,42)30-18-12-24(2)13-19-30/h4-19,21,31H,3,20,22-23H2,1-2H3,(H,36,40)/t31-/m0/s1. The van der Waals surface area contributed by atoms with Crippen molar-refractivity contribution in [2.45, 2.75) is 37.8 Å². The Balaban J connectivity index is 1.79. The zero-order chi connectivity index (χ0) is 31.0. The second-order valence-corrected chi connectivity index (χ2v) is 12.4. The summed E-state index contributed by atoms with van der Waals surface area (Å²) in [5.74, 6) is -1.45. The first-order chi connectivity index (χ1) is 20.6. The fourth-order valence-corrected chi connectivity index (χ4v) is 6.22. The van der Waals surface area contributed by atoms with E-state index in [1.54, 1.807) is 37.3 Å². The summed E-state index contributed by atoms with van der Waals surface area (Å²) in [6.45, 7) is 3.29. The second kappa shape index (κ2) is 14.3. The number of nitrogens with one attached hydrogen (secondary N) is 1. The van der Waals surface area contributed by atoms with Crippen molar-refractivity contribution >= 4 is 39.1 Å². The van der Waals surface area contributed by atoms with Gasteiger partial charge in [-0.15, -0.1) is 0 Å². The third-order valence-electron chi connectivity index (χ3n) is 6.87. The van der Waals surface area contributed by atoms with Gasteiger partial charge < -0.3 is 10.2 Å². The molecule has 4 aromatic rings. The Labute approximate surface area is 257 Å². The van der Waals surface area contributed by atoms with Gasteiger partial charge in [0, 0.05) is 24.5 Å². The van der Waals surface area contributed by atoms with Gasteiger partial charge in [0.05, 0.1) is 10.6 Å². The molecule has 10 heteroatoms. The van der Waals surface area contributed by atoms with Crippen LogP contribution in [0.2, 0.25) is 5.02 Å². The van der Waals surface area contributed by atoms with Crippen LogP contribution in [0, 0.1) is 12.7 Å². The lowest BCUT2D eigenvalue weighted by atomic mass is 10.0. The molecule has 0 heterocycles. The number of carbonyl (C=O) groups is 2. The molecule has 4 aromatic carbocycles. The van der Waals surface area contributed by atoms with Crippen molar-refractivity contribution in [2.75, 3.05) is 17.4 Å². The normalized spacial score (nSPS) is 11.9. The maximum atomic E-state index is 14.3. The number of nitrogens with zero attached hydrogens (tertiary/aromatic N) is 2. The Hall–Kier alpha value is -4.21. The second-order valence-electron chi connectivity index (χ2n) is 10.1. The minimum absolute atomic E-state index is 0.000483. The molecule has 0 aliphatic heterocycles. The van der Waals surface area contributed by atoms with E-state index in [9.17, 15) is 22.4 Å². The van der Waals surface area contributed by atoms with Gasteiger partial charge in [-0.25, -0.2) is 12.8 Å². The molecule has 4 rings (SSSR count). The van der Waals surface area contributed by atoms with Gasteiger partial charge in [0.1, 0.15) is 18.4 Å². The van der Waals surface area contributed by atoms with Gasteiger partial charge in [-0.2, -0.15) is 0 Å². The Morgan fingerprint density at radius 1 is 0.884 bits per heavy atom. The molecule has 0 spiro atoms. The Bertz CT molecular complexity index is 1650. The number of benzene rings is 4. The Morgan fingerprint density at radius 3 is 2.19 bits per heavy atom. The molecule has 0 aliphatic rings. The van der Waals surface area contributed by atoms with E-state index in [4.69, 9.17) is 11.6 Å². The summed E-state index contributed by atoms with van der Waals surface area (Å²) in [5.41, 5.74) is 2.46. The molecule has 0 radical (unpaired) electrons. The van der Waals surface area contributed by atoms with E-state index >= 15 is 0 Å². The number of amides is 2. The first-order valence-electron chi connectivity index (χ1n) is 13.8. The summed E-state index contributed by atoms with van der Waals surface area (Å²) in [6, 6.07) is 26.4. The van der Waals surface area contributed by atoms with E-state index in [-0.39, 0.29) is 23.5 Å². The Kier molecular flexibility index (Phi) is 10.6. The highest BCUT2D eigenvalue weighted by Crippen LogP contribution is 2.27. The molecule has 0 bridgehead atoms. The molecule has 2 amide bonds. The van der Waals surface area contributed by atoms with Gasteiger partial charge in [0.25, 0.3) is 10.0 Å². The van der Waals surface area contributed by atoms with Crippen molar-refractivity contribution in [3.05, 3.63) is 131 Å². The van der Waals surface area contributed by atoms with Gasteiger partial charge in [-0.05, 0) is 67.4 Å². The number of carbonyl (C=O) groups excluding carboxylic acids is 2. The summed E-state index contributed by atoms with van der Waals surface area (Å²) in [6.07, 6.45) is 0.182. The number of likely N-dealkylation sites (N-methyl/N-ethyl adjacent to an activating group) is 1. The topological polar surface area (TPSA) is 86.8 Å². The highest BCUT2D eigenvalue weighted by Gasteiger charge is 2.34. The van der Waals surface area contributed by atoms with E-state index in [0.717, 1.165) is 15.4 Å². The van der Waals surface area contributed by atoms with Crippen molar-refractivity contribution in [2.24, 2.45) is 0 Å². The first kappa shape index (κ1) is 31.7. The summed E-state index contributed by atoms with van der Waals surface area (Å²) in [5, 5.41) is 3.10. The van der Waals surface area contributed by atoms with Crippen molar-refractivity contribution in [3.8, 4) is 0 Å². The molecule has 224 valence electrons. The average Bonchev–Trinajstić information content (AvgIpc) is 2.99. The van der Waals surface area contributed by atoms with Crippen LogP contribution in [0.15, 0.2) is 108 Å². The van der Waals surface area contributed by atoms with Crippen molar-refractivity contribution < 1.29 is 22.4 Å². The van der Waals surface area contributed by atoms with Crippen LogP contribution in [-0.2, 0) is 32.6 Å². The Morgan fingerprint density at radius 2 is 1.56 bits per heavy atom. The lowest BCUT2D eigenvalue weighted by Gasteiger charge is -2.34. The number of hydrogen-bond donors (Lipinski definition) is 1. The fourth-order valence-electron chi connectivity index (χ4n) is 4.63. The molecular formula is C33H33ClFN3O4S. The minimum Gasteiger partial charge on any atom is -0.355 e. The number of aryl methyl sites for hydroxylation is 1. The predicted molar refractivity (Wildman–Crippen MR) is 167 cm³/mol. The number of halogens is 2. The smallest absolute Gasteiger partial charge is 0.264 e. The number of sulfonamides is 1. The lowest BCUT2D eigenvalue weighted by molar-refractivity contribution is -0.140. The molecule has 1 N–H and O–H groups in total. The van der Waals surface area contributed by atoms with Crippen molar-refractivity contribution in [1.82, 2.24) is 10.2 Å². The zero-order valence-electron chi connectivity index (χ0n) is 23.9. The molecule has 0 saturated heterocycles. The SMILES string of the molecule is CCNC(=O)[C@H](Cc1ccccc1)N(Cc1ccc(F)cc1)C(=O)CN(c1cccc(Cl)c1)S(=O)(=O)c1ccc(C)cc1. The molecule has 43 heavy (non-hydrogen) atoms. The molecule has 0 unspecified atom stereocenters.